The Labute approximate surface area is 117 Å². The number of halogens is 1. The lowest BCUT2D eigenvalue weighted by atomic mass is 10.1. The lowest BCUT2D eigenvalue weighted by molar-refractivity contribution is 0.355. The first-order chi connectivity index (χ1) is 9.17. The molecule has 0 aliphatic rings. The number of aromatic nitrogens is 2. The highest BCUT2D eigenvalue weighted by Gasteiger charge is 2.09. The molecule has 0 N–H and O–H groups in total. The molecule has 0 saturated heterocycles. The number of hydrogen-bond donors (Lipinski definition) is 0. The smallest absolute Gasteiger partial charge is 0.161 e. The Morgan fingerprint density at radius 1 is 1.05 bits per heavy atom. The van der Waals surface area contributed by atoms with Gasteiger partial charge in [0.2, 0.25) is 0 Å². The first-order valence-corrected chi connectivity index (χ1v) is 6.34. The molecule has 0 radical (unpaired) electrons. The van der Waals surface area contributed by atoms with Gasteiger partial charge in [0.1, 0.15) is 0 Å². The summed E-state index contributed by atoms with van der Waals surface area (Å²) in [5.41, 5.74) is 2.56. The van der Waals surface area contributed by atoms with Crippen LogP contribution < -0.4 is 9.47 Å². The second-order valence-electron chi connectivity index (χ2n) is 4.03. The Morgan fingerprint density at radius 3 is 2.42 bits per heavy atom. The summed E-state index contributed by atoms with van der Waals surface area (Å²) < 4.78 is 10.5. The van der Waals surface area contributed by atoms with Crippen LogP contribution in [0.3, 0.4) is 0 Å². The predicted molar refractivity (Wildman–Crippen MR) is 74.9 cm³/mol. The van der Waals surface area contributed by atoms with Crippen molar-refractivity contribution in [1.82, 2.24) is 9.97 Å². The van der Waals surface area contributed by atoms with Gasteiger partial charge in [-0.25, -0.2) is 9.97 Å². The molecule has 0 spiro atoms. The summed E-state index contributed by atoms with van der Waals surface area (Å²) in [6.45, 7) is 1.92. The van der Waals surface area contributed by atoms with Crippen molar-refractivity contribution < 1.29 is 9.47 Å². The quantitative estimate of drug-likeness (QED) is 0.806. The summed E-state index contributed by atoms with van der Waals surface area (Å²) in [7, 11) is 3.20. The third-order valence-corrected chi connectivity index (χ3v) is 2.96. The monoisotopic (exact) mass is 278 g/mol. The summed E-state index contributed by atoms with van der Waals surface area (Å²) in [5.74, 6) is 2.33. The van der Waals surface area contributed by atoms with Crippen LogP contribution in [0.5, 0.6) is 11.5 Å². The van der Waals surface area contributed by atoms with E-state index in [9.17, 15) is 0 Å². The van der Waals surface area contributed by atoms with E-state index in [4.69, 9.17) is 21.1 Å². The number of methoxy groups -OCH3 is 2. The Hall–Kier alpha value is -1.81. The van der Waals surface area contributed by atoms with Gasteiger partial charge in [-0.2, -0.15) is 0 Å². The molecule has 19 heavy (non-hydrogen) atoms. The lowest BCUT2D eigenvalue weighted by Crippen LogP contribution is -1.97. The molecule has 0 unspecified atom stereocenters. The van der Waals surface area contributed by atoms with E-state index in [0.29, 0.717) is 23.2 Å². The van der Waals surface area contributed by atoms with Gasteiger partial charge in [-0.15, -0.1) is 11.6 Å². The molecular weight excluding hydrogens is 264 g/mol. The minimum atomic E-state index is 0.365. The van der Waals surface area contributed by atoms with Crippen molar-refractivity contribution in [3.63, 3.8) is 0 Å². The van der Waals surface area contributed by atoms with Crippen LogP contribution in [0.2, 0.25) is 0 Å². The number of rotatable bonds is 4. The van der Waals surface area contributed by atoms with Crippen molar-refractivity contribution in [2.45, 2.75) is 12.8 Å². The molecule has 0 aliphatic heterocycles. The Morgan fingerprint density at radius 2 is 1.79 bits per heavy atom. The highest BCUT2D eigenvalue weighted by atomic mass is 35.5. The molecule has 1 heterocycles. The maximum Gasteiger partial charge on any atom is 0.161 e. The summed E-state index contributed by atoms with van der Waals surface area (Å²) in [4.78, 5) is 8.83. The number of aryl methyl sites for hydroxylation is 1. The third-order valence-electron chi connectivity index (χ3n) is 2.69. The molecule has 0 bridgehead atoms. The van der Waals surface area contributed by atoms with Crippen LogP contribution >= 0.6 is 11.6 Å². The van der Waals surface area contributed by atoms with Crippen molar-refractivity contribution in [3.8, 4) is 22.9 Å². The zero-order chi connectivity index (χ0) is 13.8. The molecule has 5 heteroatoms. The second-order valence-corrected chi connectivity index (χ2v) is 4.29. The molecule has 0 amide bonds. The van der Waals surface area contributed by atoms with E-state index in [1.165, 1.54) is 0 Å². The number of alkyl halides is 1. The summed E-state index contributed by atoms with van der Waals surface area (Å²) in [6.07, 6.45) is 0. The molecule has 1 aromatic carbocycles. The SMILES string of the molecule is COc1ccc(-c2nc(C)cc(CCl)n2)cc1OC. The number of benzene rings is 1. The fourth-order valence-corrected chi connectivity index (χ4v) is 1.94. The van der Waals surface area contributed by atoms with Crippen LogP contribution in [0.15, 0.2) is 24.3 Å². The van der Waals surface area contributed by atoms with Gasteiger partial charge < -0.3 is 9.47 Å². The van der Waals surface area contributed by atoms with Gasteiger partial charge in [0.25, 0.3) is 0 Å². The Bertz CT molecular complexity index is 588. The van der Waals surface area contributed by atoms with Gasteiger partial charge in [0, 0.05) is 11.3 Å². The number of ether oxygens (including phenoxy) is 2. The summed E-state index contributed by atoms with van der Waals surface area (Å²) in [6, 6.07) is 7.46. The van der Waals surface area contributed by atoms with Gasteiger partial charge in [-0.1, -0.05) is 0 Å². The average Bonchev–Trinajstić information content (AvgIpc) is 2.45. The maximum absolute atomic E-state index is 5.83. The van der Waals surface area contributed by atoms with Crippen molar-refractivity contribution in [1.29, 1.82) is 0 Å². The molecule has 0 fully saturated rings. The molecule has 100 valence electrons. The van der Waals surface area contributed by atoms with E-state index in [1.54, 1.807) is 14.2 Å². The molecule has 0 atom stereocenters. The van der Waals surface area contributed by atoms with Gasteiger partial charge in [0.05, 0.1) is 25.8 Å². The van der Waals surface area contributed by atoms with Crippen LogP contribution in [-0.4, -0.2) is 24.2 Å². The first-order valence-electron chi connectivity index (χ1n) is 5.81. The minimum absolute atomic E-state index is 0.365. The lowest BCUT2D eigenvalue weighted by Gasteiger charge is -2.09. The van der Waals surface area contributed by atoms with Crippen molar-refractivity contribution in [2.24, 2.45) is 0 Å². The number of nitrogens with zero attached hydrogens (tertiary/aromatic N) is 2. The Balaban J connectivity index is 2.49. The van der Waals surface area contributed by atoms with Gasteiger partial charge in [0.15, 0.2) is 17.3 Å². The van der Waals surface area contributed by atoms with Crippen molar-refractivity contribution >= 4 is 11.6 Å². The predicted octanol–water partition coefficient (Wildman–Crippen LogP) is 3.21. The normalized spacial score (nSPS) is 10.3. The van der Waals surface area contributed by atoms with E-state index in [2.05, 4.69) is 9.97 Å². The fourth-order valence-electron chi connectivity index (χ4n) is 1.81. The first kappa shape index (κ1) is 13.6. The summed E-state index contributed by atoms with van der Waals surface area (Å²) >= 11 is 5.83. The largest absolute Gasteiger partial charge is 0.493 e. The van der Waals surface area contributed by atoms with E-state index in [0.717, 1.165) is 17.0 Å². The van der Waals surface area contributed by atoms with Crippen LogP contribution in [0, 0.1) is 6.92 Å². The van der Waals surface area contributed by atoms with Crippen molar-refractivity contribution in [2.75, 3.05) is 14.2 Å². The standard InChI is InChI=1S/C14H15ClN2O2/c1-9-6-11(8-15)17-14(16-9)10-4-5-12(18-2)13(7-10)19-3/h4-7H,8H2,1-3H3. The van der Waals surface area contributed by atoms with Gasteiger partial charge in [-0.3, -0.25) is 0 Å². The Kier molecular flexibility index (Phi) is 4.22. The molecular formula is C14H15ClN2O2. The third kappa shape index (κ3) is 2.96. The maximum atomic E-state index is 5.83. The zero-order valence-electron chi connectivity index (χ0n) is 11.1. The highest BCUT2D eigenvalue weighted by Crippen LogP contribution is 2.31. The van der Waals surface area contributed by atoms with Crippen LogP contribution in [0.25, 0.3) is 11.4 Å². The molecule has 2 aromatic rings. The summed E-state index contributed by atoms with van der Waals surface area (Å²) in [5, 5.41) is 0. The van der Waals surface area contributed by atoms with Crippen LogP contribution in [0.4, 0.5) is 0 Å². The van der Waals surface area contributed by atoms with E-state index >= 15 is 0 Å². The average molecular weight is 279 g/mol. The molecule has 0 aliphatic carbocycles. The highest BCUT2D eigenvalue weighted by molar-refractivity contribution is 6.16. The van der Waals surface area contributed by atoms with E-state index < -0.39 is 0 Å². The van der Waals surface area contributed by atoms with Crippen molar-refractivity contribution in [3.05, 3.63) is 35.7 Å². The number of hydrogen-bond acceptors (Lipinski definition) is 4. The van der Waals surface area contributed by atoms with E-state index in [1.807, 2.05) is 31.2 Å². The van der Waals surface area contributed by atoms with E-state index in [-0.39, 0.29) is 0 Å². The zero-order valence-corrected chi connectivity index (χ0v) is 11.9. The molecule has 2 rings (SSSR count). The van der Waals surface area contributed by atoms with Gasteiger partial charge in [-0.05, 0) is 31.2 Å². The van der Waals surface area contributed by atoms with Gasteiger partial charge >= 0.3 is 0 Å². The minimum Gasteiger partial charge on any atom is -0.493 e. The fraction of sp³-hybridized carbons (Fsp3) is 0.286. The van der Waals surface area contributed by atoms with Crippen LogP contribution in [-0.2, 0) is 5.88 Å². The topological polar surface area (TPSA) is 44.2 Å². The van der Waals surface area contributed by atoms with Crippen LogP contribution in [0.1, 0.15) is 11.4 Å². The molecule has 1 aromatic heterocycles. The molecule has 4 nitrogen and oxygen atoms in total. The molecule has 0 saturated carbocycles. The second kappa shape index (κ2) is 5.89.